The highest BCUT2D eigenvalue weighted by Crippen LogP contribution is 2.29. The maximum Gasteiger partial charge on any atom is 0.234 e. The van der Waals surface area contributed by atoms with Crippen molar-refractivity contribution in [3.8, 4) is 0 Å². The van der Waals surface area contributed by atoms with Gasteiger partial charge >= 0.3 is 0 Å². The molecule has 1 saturated heterocycles. The van der Waals surface area contributed by atoms with Gasteiger partial charge in [-0.05, 0) is 46.5 Å². The lowest BCUT2D eigenvalue weighted by molar-refractivity contribution is -0.121. The van der Waals surface area contributed by atoms with Gasteiger partial charge in [-0.15, -0.1) is 0 Å². The molecule has 1 aliphatic heterocycles. The molecule has 4 nitrogen and oxygen atoms in total. The van der Waals surface area contributed by atoms with E-state index in [1.165, 1.54) is 12.8 Å². The van der Waals surface area contributed by atoms with E-state index in [4.69, 9.17) is 0 Å². The molecule has 0 aromatic rings. The molecule has 0 bridgehead atoms. The first kappa shape index (κ1) is 13.8. The van der Waals surface area contributed by atoms with Crippen LogP contribution in [0.15, 0.2) is 0 Å². The molecule has 2 N–H and O–H groups in total. The highest BCUT2D eigenvalue weighted by Gasteiger charge is 2.32. The molecule has 0 spiro atoms. The van der Waals surface area contributed by atoms with Crippen LogP contribution >= 0.6 is 0 Å². The average molecular weight is 253 g/mol. The molecule has 1 saturated carbocycles. The number of piperidine rings is 1. The van der Waals surface area contributed by atoms with Crippen molar-refractivity contribution in [3.63, 3.8) is 0 Å². The maximum atomic E-state index is 11.8. The smallest absolute Gasteiger partial charge is 0.234 e. The normalized spacial score (nSPS) is 23.1. The summed E-state index contributed by atoms with van der Waals surface area (Å²) in [4.78, 5) is 14.4. The standard InChI is InChI=1S/C14H27N3O/c1-14(2,3)15-10-13(18)16-11-6-8-17(9-7-11)12-4-5-12/h11-12,15H,4-10H2,1-3H3,(H,16,18). The lowest BCUT2D eigenvalue weighted by atomic mass is 10.0. The third-order valence-electron chi connectivity index (χ3n) is 3.74. The summed E-state index contributed by atoms with van der Waals surface area (Å²) in [6, 6.07) is 1.25. The van der Waals surface area contributed by atoms with Gasteiger partial charge < -0.3 is 15.5 Å². The van der Waals surface area contributed by atoms with Gasteiger partial charge in [0.2, 0.25) is 5.91 Å². The molecule has 2 fully saturated rings. The summed E-state index contributed by atoms with van der Waals surface area (Å²) >= 11 is 0. The molecule has 0 aromatic carbocycles. The minimum atomic E-state index is 0.00662. The van der Waals surface area contributed by atoms with E-state index in [1.807, 2.05) is 0 Å². The fraction of sp³-hybridized carbons (Fsp3) is 0.929. The van der Waals surface area contributed by atoms with Crippen molar-refractivity contribution in [1.29, 1.82) is 0 Å². The highest BCUT2D eigenvalue weighted by molar-refractivity contribution is 5.78. The lowest BCUT2D eigenvalue weighted by Crippen LogP contribution is -2.49. The van der Waals surface area contributed by atoms with E-state index in [9.17, 15) is 4.79 Å². The number of carbonyl (C=O) groups is 1. The van der Waals surface area contributed by atoms with Gasteiger partial charge in [0.1, 0.15) is 0 Å². The van der Waals surface area contributed by atoms with Crippen LogP contribution in [0.4, 0.5) is 0 Å². The second-order valence-corrected chi connectivity index (χ2v) is 6.71. The summed E-state index contributed by atoms with van der Waals surface area (Å²) in [5, 5.41) is 6.37. The molecular weight excluding hydrogens is 226 g/mol. The third kappa shape index (κ3) is 4.58. The van der Waals surface area contributed by atoms with Crippen molar-refractivity contribution in [2.45, 2.75) is 64.1 Å². The molecule has 1 heterocycles. The van der Waals surface area contributed by atoms with E-state index in [-0.39, 0.29) is 11.4 Å². The molecule has 4 heteroatoms. The van der Waals surface area contributed by atoms with Crippen molar-refractivity contribution in [3.05, 3.63) is 0 Å². The number of hydrogen-bond donors (Lipinski definition) is 2. The first-order valence-electron chi connectivity index (χ1n) is 7.22. The minimum absolute atomic E-state index is 0.00662. The first-order valence-corrected chi connectivity index (χ1v) is 7.22. The van der Waals surface area contributed by atoms with Crippen LogP contribution in [-0.2, 0) is 4.79 Å². The topological polar surface area (TPSA) is 44.4 Å². The molecule has 2 aliphatic rings. The van der Waals surface area contributed by atoms with Gasteiger partial charge in [-0.3, -0.25) is 4.79 Å². The summed E-state index contributed by atoms with van der Waals surface area (Å²) in [6.45, 7) is 8.97. The second kappa shape index (κ2) is 5.57. The minimum Gasteiger partial charge on any atom is -0.352 e. The Hall–Kier alpha value is -0.610. The molecule has 0 unspecified atom stereocenters. The van der Waals surface area contributed by atoms with E-state index < -0.39 is 0 Å². The van der Waals surface area contributed by atoms with Gasteiger partial charge in [-0.2, -0.15) is 0 Å². The quantitative estimate of drug-likeness (QED) is 0.789. The largest absolute Gasteiger partial charge is 0.352 e. The van der Waals surface area contributed by atoms with Crippen LogP contribution in [0.25, 0.3) is 0 Å². The second-order valence-electron chi connectivity index (χ2n) is 6.71. The van der Waals surface area contributed by atoms with Crippen LogP contribution in [0.2, 0.25) is 0 Å². The zero-order valence-electron chi connectivity index (χ0n) is 12.0. The van der Waals surface area contributed by atoms with Crippen LogP contribution < -0.4 is 10.6 Å². The Morgan fingerprint density at radius 1 is 1.17 bits per heavy atom. The van der Waals surface area contributed by atoms with Crippen molar-refractivity contribution < 1.29 is 4.79 Å². The highest BCUT2D eigenvalue weighted by atomic mass is 16.2. The van der Waals surface area contributed by atoms with Crippen LogP contribution in [0.1, 0.15) is 46.5 Å². The zero-order chi connectivity index (χ0) is 13.2. The Morgan fingerprint density at radius 3 is 2.28 bits per heavy atom. The third-order valence-corrected chi connectivity index (χ3v) is 3.74. The summed E-state index contributed by atoms with van der Waals surface area (Å²) in [6.07, 6.45) is 4.98. The predicted molar refractivity (Wildman–Crippen MR) is 73.5 cm³/mol. The SMILES string of the molecule is CC(C)(C)NCC(=O)NC1CCN(C2CC2)CC1. The fourth-order valence-corrected chi connectivity index (χ4v) is 2.47. The van der Waals surface area contributed by atoms with Crippen molar-refractivity contribution in [2.24, 2.45) is 0 Å². The molecule has 104 valence electrons. The number of nitrogens with zero attached hydrogens (tertiary/aromatic N) is 1. The van der Waals surface area contributed by atoms with Crippen molar-refractivity contribution >= 4 is 5.91 Å². The van der Waals surface area contributed by atoms with Crippen LogP contribution in [-0.4, -0.2) is 48.1 Å². The molecular formula is C14H27N3O. The van der Waals surface area contributed by atoms with E-state index >= 15 is 0 Å². The van der Waals surface area contributed by atoms with Gasteiger partial charge in [0.25, 0.3) is 0 Å². The monoisotopic (exact) mass is 253 g/mol. The number of nitrogens with one attached hydrogen (secondary N) is 2. The van der Waals surface area contributed by atoms with Crippen LogP contribution in [0, 0.1) is 0 Å². The van der Waals surface area contributed by atoms with Crippen LogP contribution in [0.5, 0.6) is 0 Å². The molecule has 0 aromatic heterocycles. The zero-order valence-corrected chi connectivity index (χ0v) is 12.0. The number of hydrogen-bond acceptors (Lipinski definition) is 3. The fourth-order valence-electron chi connectivity index (χ4n) is 2.47. The molecule has 1 amide bonds. The Labute approximate surface area is 110 Å². The molecule has 2 rings (SSSR count). The average Bonchev–Trinajstić information content (AvgIpc) is 3.10. The van der Waals surface area contributed by atoms with Gasteiger partial charge in [0.05, 0.1) is 6.54 Å². The van der Waals surface area contributed by atoms with Gasteiger partial charge in [-0.25, -0.2) is 0 Å². The van der Waals surface area contributed by atoms with E-state index in [1.54, 1.807) is 0 Å². The molecule has 0 radical (unpaired) electrons. The molecule has 1 aliphatic carbocycles. The van der Waals surface area contributed by atoms with Gasteiger partial charge in [0.15, 0.2) is 0 Å². The predicted octanol–water partition coefficient (Wildman–Crippen LogP) is 1.12. The Morgan fingerprint density at radius 2 is 1.78 bits per heavy atom. The summed E-state index contributed by atoms with van der Waals surface area (Å²) in [7, 11) is 0. The lowest BCUT2D eigenvalue weighted by Gasteiger charge is -2.32. The van der Waals surface area contributed by atoms with Crippen molar-refractivity contribution in [2.75, 3.05) is 19.6 Å². The Kier molecular flexibility index (Phi) is 4.28. The van der Waals surface area contributed by atoms with Crippen molar-refractivity contribution in [1.82, 2.24) is 15.5 Å². The van der Waals surface area contributed by atoms with E-state index in [2.05, 4.69) is 36.3 Å². The summed E-state index contributed by atoms with van der Waals surface area (Å²) in [5.41, 5.74) is 0.00662. The summed E-state index contributed by atoms with van der Waals surface area (Å²) in [5.74, 6) is 0.134. The van der Waals surface area contributed by atoms with Gasteiger partial charge in [0, 0.05) is 30.7 Å². The number of amides is 1. The van der Waals surface area contributed by atoms with E-state index in [0.717, 1.165) is 32.0 Å². The Bertz CT molecular complexity index is 286. The number of rotatable bonds is 4. The van der Waals surface area contributed by atoms with E-state index in [0.29, 0.717) is 12.6 Å². The molecule has 0 atom stereocenters. The first-order chi connectivity index (χ1) is 8.44. The van der Waals surface area contributed by atoms with Gasteiger partial charge in [-0.1, -0.05) is 0 Å². The summed E-state index contributed by atoms with van der Waals surface area (Å²) < 4.78 is 0. The molecule has 18 heavy (non-hydrogen) atoms. The maximum absolute atomic E-state index is 11.8. The number of likely N-dealkylation sites (tertiary alicyclic amines) is 1. The van der Waals surface area contributed by atoms with Crippen LogP contribution in [0.3, 0.4) is 0 Å². The Balaban J connectivity index is 1.63. The number of carbonyl (C=O) groups excluding carboxylic acids is 1.